The smallest absolute Gasteiger partial charge is 0.260 e. The third-order valence-corrected chi connectivity index (χ3v) is 9.35. The lowest BCUT2D eigenvalue weighted by Gasteiger charge is -2.40. The van der Waals surface area contributed by atoms with Crippen molar-refractivity contribution >= 4 is 27.7 Å². The maximum absolute atomic E-state index is 14.1. The number of carbonyl (C=O) groups is 3. The van der Waals surface area contributed by atoms with Gasteiger partial charge in [0.15, 0.2) is 0 Å². The number of hydrogen-bond acceptors (Lipinski definition) is 6. The fraction of sp³-hybridized carbons (Fsp3) is 0.514. The number of aryl methyl sites for hydroxylation is 1. The van der Waals surface area contributed by atoms with Gasteiger partial charge < -0.3 is 15.5 Å². The lowest BCUT2D eigenvalue weighted by molar-refractivity contribution is -0.140. The first-order valence-corrected chi connectivity index (χ1v) is 16.9. The quantitative estimate of drug-likeness (QED) is 0.278. The molecule has 10 heteroatoms. The monoisotopic (exact) mass is 640 g/mol. The third-order valence-electron chi connectivity index (χ3n) is 8.14. The van der Waals surface area contributed by atoms with Crippen molar-refractivity contribution < 1.29 is 22.8 Å². The molecule has 3 atom stereocenters. The van der Waals surface area contributed by atoms with Gasteiger partial charge in [-0.05, 0) is 43.4 Å². The molecule has 3 amide bonds. The van der Waals surface area contributed by atoms with E-state index in [0.29, 0.717) is 5.56 Å². The molecule has 2 aromatic rings. The Bertz CT molecular complexity index is 1480. The Morgan fingerprint density at radius 3 is 2.04 bits per heavy atom. The van der Waals surface area contributed by atoms with E-state index in [-0.39, 0.29) is 29.1 Å². The summed E-state index contributed by atoms with van der Waals surface area (Å²) in [6.07, 6.45) is 1.61. The van der Waals surface area contributed by atoms with Crippen LogP contribution in [0.2, 0.25) is 0 Å². The molecule has 2 rings (SSSR count). The van der Waals surface area contributed by atoms with Crippen molar-refractivity contribution in [1.82, 2.24) is 20.3 Å². The van der Waals surface area contributed by atoms with Crippen molar-refractivity contribution in [2.75, 3.05) is 14.1 Å². The van der Waals surface area contributed by atoms with Crippen molar-refractivity contribution in [2.24, 2.45) is 11.3 Å². The van der Waals surface area contributed by atoms with Gasteiger partial charge in [-0.1, -0.05) is 115 Å². The average molecular weight is 641 g/mol. The predicted molar refractivity (Wildman–Crippen MR) is 181 cm³/mol. The highest BCUT2D eigenvalue weighted by atomic mass is 32.2. The van der Waals surface area contributed by atoms with Crippen LogP contribution in [0.25, 0.3) is 0 Å². The van der Waals surface area contributed by atoms with Crippen molar-refractivity contribution in [3.63, 3.8) is 0 Å². The normalized spacial score (nSPS) is 14.8. The van der Waals surface area contributed by atoms with Crippen LogP contribution in [0.3, 0.4) is 0 Å². The topological polar surface area (TPSA) is 125 Å². The number of nitrogens with zero attached hydrogens (tertiary/aromatic N) is 1. The molecule has 0 bridgehead atoms. The third kappa shape index (κ3) is 10.3. The van der Waals surface area contributed by atoms with E-state index in [1.54, 1.807) is 50.5 Å². The Hall–Kier alpha value is -3.50. The summed E-state index contributed by atoms with van der Waals surface area (Å²) in [7, 11) is -0.569. The van der Waals surface area contributed by atoms with Gasteiger partial charge in [-0.2, -0.15) is 0 Å². The zero-order valence-electron chi connectivity index (χ0n) is 28.7. The Labute approximate surface area is 270 Å². The van der Waals surface area contributed by atoms with Gasteiger partial charge in [-0.25, -0.2) is 13.1 Å². The van der Waals surface area contributed by atoms with E-state index in [9.17, 15) is 22.8 Å². The van der Waals surface area contributed by atoms with Crippen LogP contribution >= 0.6 is 0 Å². The summed E-state index contributed by atoms with van der Waals surface area (Å²) in [5.41, 5.74) is 1.58. The molecule has 0 fully saturated rings. The number of carbonyl (C=O) groups excluding carboxylic acids is 3. The van der Waals surface area contributed by atoms with Gasteiger partial charge in [0.1, 0.15) is 6.04 Å². The minimum absolute atomic E-state index is 0.121. The molecule has 9 nitrogen and oxygen atoms in total. The summed E-state index contributed by atoms with van der Waals surface area (Å²) in [6.45, 7) is 17.0. The fourth-order valence-corrected chi connectivity index (χ4v) is 6.54. The molecule has 0 spiro atoms. The van der Waals surface area contributed by atoms with E-state index in [4.69, 9.17) is 0 Å². The van der Waals surface area contributed by atoms with Gasteiger partial charge >= 0.3 is 0 Å². The molecule has 0 radical (unpaired) electrons. The Morgan fingerprint density at radius 1 is 0.933 bits per heavy atom. The van der Waals surface area contributed by atoms with Gasteiger partial charge in [0.05, 0.1) is 17.8 Å². The summed E-state index contributed by atoms with van der Waals surface area (Å²) < 4.78 is 27.5. The second kappa shape index (κ2) is 15.2. The van der Waals surface area contributed by atoms with Crippen LogP contribution in [0.5, 0.6) is 0 Å². The molecular formula is C35H52N4O5S. The van der Waals surface area contributed by atoms with E-state index in [2.05, 4.69) is 21.4 Å². The van der Waals surface area contributed by atoms with Gasteiger partial charge in [-0.3, -0.25) is 14.4 Å². The van der Waals surface area contributed by atoms with Crippen LogP contribution in [0.4, 0.5) is 0 Å². The number of likely N-dealkylation sites (N-methyl/N-ethyl adjacent to an activating group) is 2. The molecule has 0 aromatic heterocycles. The second-order valence-electron chi connectivity index (χ2n) is 13.8. The largest absolute Gasteiger partial charge is 0.342 e. The van der Waals surface area contributed by atoms with Crippen LogP contribution in [0.15, 0.2) is 66.2 Å². The molecule has 248 valence electrons. The van der Waals surface area contributed by atoms with Crippen LogP contribution in [0, 0.1) is 18.3 Å². The molecule has 2 aromatic carbocycles. The van der Waals surface area contributed by atoms with Crippen LogP contribution in [0.1, 0.15) is 72.1 Å². The van der Waals surface area contributed by atoms with E-state index < -0.39 is 44.9 Å². The predicted octanol–water partition coefficient (Wildman–Crippen LogP) is 4.47. The molecule has 0 saturated carbocycles. The van der Waals surface area contributed by atoms with E-state index in [1.165, 1.54) is 11.8 Å². The lowest BCUT2D eigenvalue weighted by Crippen LogP contribution is -2.61. The number of sulfonamides is 1. The molecule has 3 N–H and O–H groups in total. The fourth-order valence-electron chi connectivity index (χ4n) is 5.39. The zero-order valence-corrected chi connectivity index (χ0v) is 29.5. The highest BCUT2D eigenvalue weighted by Crippen LogP contribution is 2.29. The van der Waals surface area contributed by atoms with Crippen LogP contribution in [-0.4, -0.2) is 63.3 Å². The van der Waals surface area contributed by atoms with Crippen LogP contribution in [-0.2, 0) is 35.6 Å². The zero-order chi connectivity index (χ0) is 34.3. The van der Waals surface area contributed by atoms with Gasteiger partial charge in [0.25, 0.3) is 5.91 Å². The first-order chi connectivity index (χ1) is 20.7. The first kappa shape index (κ1) is 37.7. The number of benzene rings is 2. The van der Waals surface area contributed by atoms with Crippen molar-refractivity contribution in [2.45, 2.75) is 91.6 Å². The minimum Gasteiger partial charge on any atom is -0.342 e. The van der Waals surface area contributed by atoms with Gasteiger partial charge in [0, 0.05) is 18.0 Å². The maximum atomic E-state index is 14.1. The summed E-state index contributed by atoms with van der Waals surface area (Å²) in [6, 6.07) is 14.6. The Morgan fingerprint density at radius 2 is 1.53 bits per heavy atom. The van der Waals surface area contributed by atoms with Crippen LogP contribution < -0.4 is 15.4 Å². The Balaban J connectivity index is 2.30. The molecule has 0 heterocycles. The van der Waals surface area contributed by atoms with E-state index in [1.807, 2.05) is 73.6 Å². The highest BCUT2D eigenvalue weighted by Gasteiger charge is 2.41. The molecule has 0 aliphatic heterocycles. The molecule has 0 saturated heterocycles. The maximum Gasteiger partial charge on any atom is 0.260 e. The number of rotatable bonds is 13. The molecule has 0 unspecified atom stereocenters. The number of nitrogens with one attached hydrogen (secondary N) is 3. The SMILES string of the molecule is CN[C@H](C(=O)N[C@H](C(=O)N(C)[C@H](/C=C(\C)C(=O)NS(=O)(=O)Cc1ccccc1)C(C)C)C(C)(C)C)C(C)(C)c1cccc(C)c1. The summed E-state index contributed by atoms with van der Waals surface area (Å²) in [5, 5.41) is 6.19. The number of hydrogen-bond donors (Lipinski definition) is 3. The van der Waals surface area contributed by atoms with Crippen molar-refractivity contribution in [3.8, 4) is 0 Å². The summed E-state index contributed by atoms with van der Waals surface area (Å²) >= 11 is 0. The van der Waals surface area contributed by atoms with Gasteiger partial charge in [-0.15, -0.1) is 0 Å². The second-order valence-corrected chi connectivity index (χ2v) is 15.6. The lowest BCUT2D eigenvalue weighted by atomic mass is 9.76. The minimum atomic E-state index is -3.94. The first-order valence-electron chi connectivity index (χ1n) is 15.3. The summed E-state index contributed by atoms with van der Waals surface area (Å²) in [4.78, 5) is 42.4. The molecular weight excluding hydrogens is 588 g/mol. The summed E-state index contributed by atoms with van der Waals surface area (Å²) in [5.74, 6) is -1.84. The van der Waals surface area contributed by atoms with E-state index >= 15 is 0 Å². The average Bonchev–Trinajstić information content (AvgIpc) is 2.93. The standard InChI is InChI=1S/C35H52N4O5S/c1-23(2)28(21-25(4)31(40)38-45(43,44)22-26-17-13-12-14-18-26)39(11)33(42)30(34(5,6)7)37-32(41)29(36-10)35(8,9)27-19-15-16-24(3)20-27/h12-21,23,28-30,36H,22H2,1-11H3,(H,37,41)(H,38,40)/b25-21+/t28-,29-,30-/m1/s1. The number of amides is 3. The van der Waals surface area contributed by atoms with Crippen molar-refractivity contribution in [1.29, 1.82) is 0 Å². The molecule has 0 aliphatic carbocycles. The molecule has 45 heavy (non-hydrogen) atoms. The van der Waals surface area contributed by atoms with Gasteiger partial charge in [0.2, 0.25) is 21.8 Å². The Kier molecular flexibility index (Phi) is 12.7. The molecule has 0 aliphatic rings. The van der Waals surface area contributed by atoms with E-state index in [0.717, 1.165) is 11.1 Å². The van der Waals surface area contributed by atoms with Crippen molar-refractivity contribution in [3.05, 3.63) is 82.9 Å². The highest BCUT2D eigenvalue weighted by molar-refractivity contribution is 7.89.